The van der Waals surface area contributed by atoms with Crippen molar-refractivity contribution < 1.29 is 27.7 Å². The smallest absolute Gasteiger partial charge is 0.412 e. The standard InChI is InChI=1S/C16H36N4.Co.2H2O/c1-13-11-15(3,4)19-10-8-18-14(2)12-16(5,6)20-9-7-17-13;;;/h13-14,17-20H,7-12H2,1-6H3;;2*1H2/q;+3;;. The van der Waals surface area contributed by atoms with E-state index >= 15 is 0 Å². The van der Waals surface area contributed by atoms with Crippen molar-refractivity contribution >= 4 is 0 Å². The zero-order valence-electron chi connectivity index (χ0n) is 15.7. The minimum absolute atomic E-state index is 0. The van der Waals surface area contributed by atoms with Crippen LogP contribution in [0.15, 0.2) is 0 Å². The molecule has 1 aliphatic rings. The molecule has 0 spiro atoms. The molecule has 0 aromatic carbocycles. The molecule has 142 valence electrons. The average Bonchev–Trinajstić information content (AvgIpc) is 2.28. The van der Waals surface area contributed by atoms with E-state index in [0.717, 1.165) is 39.0 Å². The first kappa shape index (κ1) is 28.1. The van der Waals surface area contributed by atoms with Gasteiger partial charge in [0.2, 0.25) is 0 Å². The Hall–Kier alpha value is 0.266. The van der Waals surface area contributed by atoms with E-state index < -0.39 is 0 Å². The molecular weight excluding hydrogens is 339 g/mol. The molecule has 2 unspecified atom stereocenters. The molecule has 0 aromatic rings. The van der Waals surface area contributed by atoms with Crippen LogP contribution in [0.3, 0.4) is 0 Å². The molecule has 0 radical (unpaired) electrons. The summed E-state index contributed by atoms with van der Waals surface area (Å²) >= 11 is 0. The van der Waals surface area contributed by atoms with Gasteiger partial charge in [-0.25, -0.2) is 0 Å². The van der Waals surface area contributed by atoms with Crippen LogP contribution in [0, 0.1) is 0 Å². The fourth-order valence-corrected chi connectivity index (χ4v) is 3.26. The molecule has 1 aliphatic heterocycles. The Balaban J connectivity index is -0.00000133. The summed E-state index contributed by atoms with van der Waals surface area (Å²) in [5.74, 6) is 0. The first-order chi connectivity index (χ1) is 9.20. The SMILES string of the molecule is CC1CC(C)(C)NCCNC(C)CC(C)(C)NCCN1.O.O.[Co+3]. The summed E-state index contributed by atoms with van der Waals surface area (Å²) < 4.78 is 0. The molecule has 0 aliphatic carbocycles. The predicted octanol–water partition coefficient (Wildman–Crippen LogP) is -0.179. The van der Waals surface area contributed by atoms with Crippen LogP contribution in [0.1, 0.15) is 54.4 Å². The Labute approximate surface area is 153 Å². The quantitative estimate of drug-likeness (QED) is 0.468. The van der Waals surface area contributed by atoms with E-state index in [4.69, 9.17) is 0 Å². The first-order valence-corrected chi connectivity index (χ1v) is 8.17. The maximum atomic E-state index is 3.67. The van der Waals surface area contributed by atoms with E-state index in [9.17, 15) is 0 Å². The van der Waals surface area contributed by atoms with Gasteiger partial charge in [0.15, 0.2) is 0 Å². The topological polar surface area (TPSA) is 111 Å². The van der Waals surface area contributed by atoms with Gasteiger partial charge in [-0.3, -0.25) is 0 Å². The van der Waals surface area contributed by atoms with Crippen LogP contribution in [0.5, 0.6) is 0 Å². The van der Waals surface area contributed by atoms with Crippen LogP contribution in [0.2, 0.25) is 0 Å². The Morgan fingerprint density at radius 3 is 1.26 bits per heavy atom. The summed E-state index contributed by atoms with van der Waals surface area (Å²) in [5, 5.41) is 14.6. The van der Waals surface area contributed by atoms with Crippen LogP contribution < -0.4 is 21.3 Å². The first-order valence-electron chi connectivity index (χ1n) is 8.17. The molecule has 0 saturated carbocycles. The van der Waals surface area contributed by atoms with Crippen LogP contribution in [0.25, 0.3) is 0 Å². The molecule has 1 heterocycles. The Kier molecular flexibility index (Phi) is 15.4. The third-order valence-corrected chi connectivity index (χ3v) is 4.08. The Bertz CT molecular complexity index is 263. The van der Waals surface area contributed by atoms with Gasteiger partial charge in [-0.15, -0.1) is 0 Å². The third kappa shape index (κ3) is 13.3. The fourth-order valence-electron chi connectivity index (χ4n) is 3.26. The van der Waals surface area contributed by atoms with Crippen LogP contribution in [-0.4, -0.2) is 60.3 Å². The molecule has 23 heavy (non-hydrogen) atoms. The summed E-state index contributed by atoms with van der Waals surface area (Å²) in [6, 6.07) is 1.08. The largest absolute Gasteiger partial charge is 3.00 e. The number of hydrogen-bond donors (Lipinski definition) is 4. The van der Waals surface area contributed by atoms with Gasteiger partial charge in [0.25, 0.3) is 0 Å². The van der Waals surface area contributed by atoms with E-state index in [0.29, 0.717) is 12.1 Å². The van der Waals surface area contributed by atoms with Crippen molar-refractivity contribution in [2.45, 2.75) is 77.5 Å². The molecule has 8 N–H and O–H groups in total. The second kappa shape index (κ2) is 12.6. The third-order valence-electron chi connectivity index (χ3n) is 4.08. The predicted molar refractivity (Wildman–Crippen MR) is 95.6 cm³/mol. The minimum atomic E-state index is 0. The van der Waals surface area contributed by atoms with E-state index in [-0.39, 0.29) is 38.8 Å². The van der Waals surface area contributed by atoms with Crippen molar-refractivity contribution in [2.75, 3.05) is 26.2 Å². The van der Waals surface area contributed by atoms with E-state index in [1.807, 2.05) is 0 Å². The molecule has 7 heteroatoms. The summed E-state index contributed by atoms with van der Waals surface area (Å²) in [6.07, 6.45) is 2.29. The van der Waals surface area contributed by atoms with Gasteiger partial charge in [-0.05, 0) is 54.4 Å². The normalized spacial score (nSPS) is 29.0. The summed E-state index contributed by atoms with van der Waals surface area (Å²) in [4.78, 5) is 0. The van der Waals surface area contributed by atoms with Crippen LogP contribution in [-0.2, 0) is 16.8 Å². The van der Waals surface area contributed by atoms with Crippen LogP contribution >= 0.6 is 0 Å². The monoisotopic (exact) mass is 379 g/mol. The van der Waals surface area contributed by atoms with Gasteiger partial charge >= 0.3 is 16.8 Å². The summed E-state index contributed by atoms with van der Waals surface area (Å²) in [6.45, 7) is 17.8. The molecule has 1 fully saturated rings. The van der Waals surface area contributed by atoms with E-state index in [2.05, 4.69) is 62.8 Å². The second-order valence-corrected chi connectivity index (χ2v) is 7.74. The molecule has 0 bridgehead atoms. The maximum Gasteiger partial charge on any atom is 3.00 e. The maximum absolute atomic E-state index is 3.67. The number of nitrogens with one attached hydrogen (secondary N) is 4. The van der Waals surface area contributed by atoms with E-state index in [1.54, 1.807) is 0 Å². The summed E-state index contributed by atoms with van der Waals surface area (Å²) in [7, 11) is 0. The van der Waals surface area contributed by atoms with Gasteiger partial charge in [-0.1, -0.05) is 0 Å². The average molecular weight is 379 g/mol. The van der Waals surface area contributed by atoms with Crippen molar-refractivity contribution in [3.63, 3.8) is 0 Å². The number of rotatable bonds is 0. The molecule has 6 nitrogen and oxygen atoms in total. The fraction of sp³-hybridized carbons (Fsp3) is 1.00. The second-order valence-electron chi connectivity index (χ2n) is 7.74. The Morgan fingerprint density at radius 2 is 0.957 bits per heavy atom. The molecule has 1 rings (SSSR count). The van der Waals surface area contributed by atoms with E-state index in [1.165, 1.54) is 0 Å². The van der Waals surface area contributed by atoms with Crippen LogP contribution in [0.4, 0.5) is 0 Å². The molecular formula is C16H40CoN4O2+3. The van der Waals surface area contributed by atoms with Crippen molar-refractivity contribution in [3.8, 4) is 0 Å². The zero-order valence-corrected chi connectivity index (χ0v) is 16.8. The van der Waals surface area contributed by atoms with Gasteiger partial charge < -0.3 is 32.2 Å². The molecule has 1 saturated heterocycles. The van der Waals surface area contributed by atoms with Gasteiger partial charge in [0.1, 0.15) is 0 Å². The van der Waals surface area contributed by atoms with Crippen molar-refractivity contribution in [2.24, 2.45) is 0 Å². The summed E-state index contributed by atoms with van der Waals surface area (Å²) in [5.41, 5.74) is 0.377. The number of hydrogen-bond acceptors (Lipinski definition) is 4. The van der Waals surface area contributed by atoms with Gasteiger partial charge in [0.05, 0.1) is 0 Å². The Morgan fingerprint density at radius 1 is 0.652 bits per heavy atom. The van der Waals surface area contributed by atoms with Crippen molar-refractivity contribution in [3.05, 3.63) is 0 Å². The molecule has 0 amide bonds. The van der Waals surface area contributed by atoms with Crippen molar-refractivity contribution in [1.29, 1.82) is 0 Å². The van der Waals surface area contributed by atoms with Crippen molar-refractivity contribution in [1.82, 2.24) is 21.3 Å². The van der Waals surface area contributed by atoms with Gasteiger partial charge in [-0.2, -0.15) is 0 Å². The molecule has 2 atom stereocenters. The minimum Gasteiger partial charge on any atom is -0.412 e. The van der Waals surface area contributed by atoms with Gasteiger partial charge in [0, 0.05) is 49.3 Å². The zero-order chi connectivity index (χ0) is 15.2. The molecule has 0 aromatic heterocycles.